The molecule has 1 fully saturated rings. The van der Waals surface area contributed by atoms with Crippen molar-refractivity contribution in [2.45, 2.75) is 90.5 Å². The predicted molar refractivity (Wildman–Crippen MR) is 144 cm³/mol. The molecule has 1 aromatic carbocycles. The molecule has 8 heteroatoms. The summed E-state index contributed by atoms with van der Waals surface area (Å²) in [6.45, 7) is 6.44. The first-order chi connectivity index (χ1) is 18.1. The van der Waals surface area contributed by atoms with Crippen molar-refractivity contribution in [2.75, 3.05) is 39.5 Å². The quantitative estimate of drug-likeness (QED) is 0.207. The minimum atomic E-state index is -0.905. The van der Waals surface area contributed by atoms with Gasteiger partial charge in [0.15, 0.2) is 0 Å². The number of piperazine rings is 1. The lowest BCUT2D eigenvalue weighted by Gasteiger charge is -2.34. The van der Waals surface area contributed by atoms with E-state index in [1.54, 1.807) is 24.3 Å². The highest BCUT2D eigenvalue weighted by Crippen LogP contribution is 2.23. The normalized spacial score (nSPS) is 15.4. The summed E-state index contributed by atoms with van der Waals surface area (Å²) in [6.07, 6.45) is 11.9. The van der Waals surface area contributed by atoms with Crippen LogP contribution in [0.5, 0.6) is 5.75 Å². The molecule has 1 heterocycles. The number of hydrogen-bond donors (Lipinski definition) is 1. The maximum absolute atomic E-state index is 13.4. The SMILES string of the molecule is CCCCCCCCCCCCOC(=O)CC1C(=O)NCCN1C(=O)c1ccccc1OCCOCC. The second-order valence-electron chi connectivity index (χ2n) is 9.45. The Balaban J connectivity index is 1.78. The van der Waals surface area contributed by atoms with Gasteiger partial charge in [-0.05, 0) is 25.5 Å². The first-order valence-corrected chi connectivity index (χ1v) is 14.1. The molecule has 0 spiro atoms. The van der Waals surface area contributed by atoms with Crippen molar-refractivity contribution in [1.82, 2.24) is 10.2 Å². The van der Waals surface area contributed by atoms with Gasteiger partial charge >= 0.3 is 5.97 Å². The van der Waals surface area contributed by atoms with Crippen molar-refractivity contribution in [3.63, 3.8) is 0 Å². The fourth-order valence-electron chi connectivity index (χ4n) is 4.43. The summed E-state index contributed by atoms with van der Waals surface area (Å²) in [5.74, 6) is -0.711. The van der Waals surface area contributed by atoms with E-state index in [4.69, 9.17) is 14.2 Å². The first kappa shape index (κ1) is 30.6. The Kier molecular flexibility index (Phi) is 15.4. The molecule has 0 radical (unpaired) electrons. The van der Waals surface area contributed by atoms with E-state index in [1.165, 1.54) is 49.8 Å². The van der Waals surface area contributed by atoms with Gasteiger partial charge in [-0.3, -0.25) is 14.4 Å². The number of benzene rings is 1. The molecule has 1 atom stereocenters. The van der Waals surface area contributed by atoms with Crippen molar-refractivity contribution < 1.29 is 28.6 Å². The van der Waals surface area contributed by atoms with Crippen molar-refractivity contribution in [3.8, 4) is 5.75 Å². The summed E-state index contributed by atoms with van der Waals surface area (Å²) in [4.78, 5) is 40.0. The Labute approximate surface area is 222 Å². The standard InChI is InChI=1S/C29H46N2O6/c1-3-5-6-7-8-9-10-11-12-15-20-37-27(32)23-25-28(33)30-18-19-31(25)29(34)24-16-13-14-17-26(24)36-22-21-35-4-2/h13-14,16-17,25H,3-12,15,18-23H2,1-2H3,(H,30,33). The number of carbonyl (C=O) groups excluding carboxylic acids is 3. The van der Waals surface area contributed by atoms with Gasteiger partial charge in [0, 0.05) is 19.7 Å². The lowest BCUT2D eigenvalue weighted by atomic mass is 10.1. The van der Waals surface area contributed by atoms with Gasteiger partial charge in [0.25, 0.3) is 5.91 Å². The van der Waals surface area contributed by atoms with Gasteiger partial charge in [-0.2, -0.15) is 0 Å². The van der Waals surface area contributed by atoms with Gasteiger partial charge < -0.3 is 24.4 Å². The van der Waals surface area contributed by atoms with E-state index < -0.39 is 12.0 Å². The van der Waals surface area contributed by atoms with Crippen LogP contribution < -0.4 is 10.1 Å². The second-order valence-corrected chi connectivity index (χ2v) is 9.45. The topological polar surface area (TPSA) is 94.2 Å². The lowest BCUT2D eigenvalue weighted by molar-refractivity contribution is -0.147. The van der Waals surface area contributed by atoms with Gasteiger partial charge in [-0.25, -0.2) is 0 Å². The molecule has 1 aromatic rings. The Morgan fingerprint density at radius 1 is 0.919 bits per heavy atom. The highest BCUT2D eigenvalue weighted by molar-refractivity contribution is 6.01. The van der Waals surface area contributed by atoms with Crippen LogP contribution in [0.15, 0.2) is 24.3 Å². The van der Waals surface area contributed by atoms with Crippen molar-refractivity contribution in [2.24, 2.45) is 0 Å². The van der Waals surface area contributed by atoms with E-state index in [0.717, 1.165) is 19.3 Å². The molecule has 0 aromatic heterocycles. The average molecular weight is 519 g/mol. The maximum Gasteiger partial charge on any atom is 0.308 e. The zero-order valence-electron chi connectivity index (χ0n) is 22.8. The smallest absolute Gasteiger partial charge is 0.308 e. The fourth-order valence-corrected chi connectivity index (χ4v) is 4.43. The van der Waals surface area contributed by atoms with Crippen molar-refractivity contribution >= 4 is 17.8 Å². The van der Waals surface area contributed by atoms with Gasteiger partial charge in [0.1, 0.15) is 18.4 Å². The number of carbonyl (C=O) groups is 3. The molecule has 208 valence electrons. The third-order valence-electron chi connectivity index (χ3n) is 6.52. The van der Waals surface area contributed by atoms with E-state index in [-0.39, 0.29) is 18.2 Å². The molecule has 2 rings (SSSR count). The number of para-hydroxylation sites is 1. The Morgan fingerprint density at radius 2 is 1.59 bits per heavy atom. The highest BCUT2D eigenvalue weighted by atomic mass is 16.5. The fraction of sp³-hybridized carbons (Fsp3) is 0.690. The summed E-state index contributed by atoms with van der Waals surface area (Å²) in [5, 5.41) is 2.76. The predicted octanol–water partition coefficient (Wildman–Crippen LogP) is 4.90. The number of esters is 1. The van der Waals surface area contributed by atoms with Crippen LogP contribution in [0.25, 0.3) is 0 Å². The number of nitrogens with one attached hydrogen (secondary N) is 1. The van der Waals surface area contributed by atoms with Gasteiger partial charge in [0.05, 0.1) is 25.2 Å². The van der Waals surface area contributed by atoms with E-state index in [1.807, 2.05) is 6.92 Å². The van der Waals surface area contributed by atoms with Crippen LogP contribution in [-0.2, 0) is 19.1 Å². The van der Waals surface area contributed by atoms with Gasteiger partial charge in [0.2, 0.25) is 5.91 Å². The third kappa shape index (κ3) is 11.5. The Hall–Kier alpha value is -2.61. The van der Waals surface area contributed by atoms with Crippen LogP contribution in [-0.4, -0.2) is 68.2 Å². The van der Waals surface area contributed by atoms with Gasteiger partial charge in [-0.1, -0.05) is 76.8 Å². The number of ether oxygens (including phenoxy) is 3. The van der Waals surface area contributed by atoms with Crippen molar-refractivity contribution in [3.05, 3.63) is 29.8 Å². The maximum atomic E-state index is 13.4. The van der Waals surface area contributed by atoms with E-state index >= 15 is 0 Å². The van der Waals surface area contributed by atoms with Crippen LogP contribution in [0.4, 0.5) is 0 Å². The van der Waals surface area contributed by atoms with Crippen LogP contribution in [0, 0.1) is 0 Å². The molecule has 0 aliphatic carbocycles. The van der Waals surface area contributed by atoms with E-state index in [9.17, 15) is 14.4 Å². The highest BCUT2D eigenvalue weighted by Gasteiger charge is 2.36. The number of nitrogens with zero attached hydrogens (tertiary/aromatic N) is 1. The molecule has 0 saturated carbocycles. The molecule has 2 amide bonds. The molecule has 8 nitrogen and oxygen atoms in total. The van der Waals surface area contributed by atoms with Crippen LogP contribution in [0.1, 0.15) is 94.8 Å². The molecule has 1 aliphatic heterocycles. The zero-order valence-corrected chi connectivity index (χ0v) is 22.8. The number of rotatable bonds is 19. The van der Waals surface area contributed by atoms with Gasteiger partial charge in [-0.15, -0.1) is 0 Å². The zero-order chi connectivity index (χ0) is 26.7. The van der Waals surface area contributed by atoms with Crippen LogP contribution in [0.3, 0.4) is 0 Å². The van der Waals surface area contributed by atoms with Crippen LogP contribution >= 0.6 is 0 Å². The largest absolute Gasteiger partial charge is 0.490 e. The summed E-state index contributed by atoms with van der Waals surface area (Å²) in [7, 11) is 0. The molecular formula is C29H46N2O6. The monoisotopic (exact) mass is 518 g/mol. The summed E-state index contributed by atoms with van der Waals surface area (Å²) >= 11 is 0. The molecule has 1 unspecified atom stereocenters. The molecular weight excluding hydrogens is 472 g/mol. The molecule has 1 aliphatic rings. The summed E-state index contributed by atoms with van der Waals surface area (Å²) in [5.41, 5.74) is 0.359. The van der Waals surface area contributed by atoms with Crippen molar-refractivity contribution in [1.29, 1.82) is 0 Å². The summed E-state index contributed by atoms with van der Waals surface area (Å²) < 4.78 is 16.5. The van der Waals surface area contributed by atoms with Crippen LogP contribution in [0.2, 0.25) is 0 Å². The molecule has 1 saturated heterocycles. The third-order valence-corrected chi connectivity index (χ3v) is 6.52. The molecule has 1 N–H and O–H groups in total. The van der Waals surface area contributed by atoms with E-state index in [0.29, 0.717) is 50.8 Å². The minimum absolute atomic E-state index is 0.164. The van der Waals surface area contributed by atoms with E-state index in [2.05, 4.69) is 12.2 Å². The first-order valence-electron chi connectivity index (χ1n) is 14.1. The summed E-state index contributed by atoms with van der Waals surface area (Å²) in [6, 6.07) is 6.03. The number of unbranched alkanes of at least 4 members (excludes halogenated alkanes) is 9. The Morgan fingerprint density at radius 3 is 2.30 bits per heavy atom. The number of hydrogen-bond acceptors (Lipinski definition) is 6. The average Bonchev–Trinajstić information content (AvgIpc) is 2.90. The number of amides is 2. The molecule has 37 heavy (non-hydrogen) atoms. The minimum Gasteiger partial charge on any atom is -0.490 e. The molecule has 0 bridgehead atoms. The Bertz CT molecular complexity index is 815. The lowest BCUT2D eigenvalue weighted by Crippen LogP contribution is -2.57. The second kappa shape index (κ2) is 18.6.